The molecule has 0 aromatic carbocycles. The number of unbranched alkanes of at least 4 members (excludes halogenated alkanes) is 40. The second-order valence-electron chi connectivity index (χ2n) is 25.0. The maximum absolute atomic E-state index is 13.0. The number of ether oxygens (including phenoxy) is 4. The van der Waals surface area contributed by atoms with Gasteiger partial charge in [0, 0.05) is 25.7 Å². The zero-order valence-corrected chi connectivity index (χ0v) is 57.9. The van der Waals surface area contributed by atoms with Gasteiger partial charge in [-0.05, 0) is 31.6 Å². The predicted octanol–water partition coefficient (Wildman–Crippen LogP) is 19.4. The Labute approximate surface area is 530 Å². The number of rotatable bonds is 68. The first-order chi connectivity index (χ1) is 42.0. The van der Waals surface area contributed by atoms with Gasteiger partial charge in [-0.15, -0.1) is 0 Å². The van der Waals surface area contributed by atoms with Crippen molar-refractivity contribution in [3.63, 3.8) is 0 Å². The highest BCUT2D eigenvalue weighted by molar-refractivity contribution is 7.47. The number of phosphoric acid groups is 2. The molecule has 0 aromatic rings. The number of aliphatic hydroxyl groups excluding tert-OH is 1. The molecule has 5 atom stereocenters. The topological polar surface area (TPSA) is 237 Å². The summed E-state index contributed by atoms with van der Waals surface area (Å²) in [5.41, 5.74) is 0. The van der Waals surface area contributed by atoms with Crippen molar-refractivity contribution in [2.45, 2.75) is 368 Å². The quantitative estimate of drug-likeness (QED) is 0.0222. The van der Waals surface area contributed by atoms with Crippen molar-refractivity contribution in [3.8, 4) is 0 Å². The van der Waals surface area contributed by atoms with Gasteiger partial charge in [-0.2, -0.15) is 0 Å². The van der Waals surface area contributed by atoms with Crippen LogP contribution < -0.4 is 0 Å². The third kappa shape index (κ3) is 62.6. The third-order valence-corrected chi connectivity index (χ3v) is 17.7. The summed E-state index contributed by atoms with van der Waals surface area (Å²) < 4.78 is 68.1. The van der Waals surface area contributed by atoms with Gasteiger partial charge in [-0.3, -0.25) is 37.3 Å². The molecule has 0 aliphatic heterocycles. The number of carbonyl (C=O) groups is 4. The lowest BCUT2D eigenvalue weighted by Crippen LogP contribution is -2.30. The lowest BCUT2D eigenvalue weighted by molar-refractivity contribution is -0.161. The first-order valence-electron chi connectivity index (χ1n) is 35.6. The second kappa shape index (κ2) is 61.6. The van der Waals surface area contributed by atoms with Gasteiger partial charge in [0.25, 0.3) is 0 Å². The molecule has 0 saturated heterocycles. The smallest absolute Gasteiger partial charge is 0.462 e. The number of phosphoric ester groups is 2. The van der Waals surface area contributed by atoms with E-state index < -0.39 is 97.5 Å². The molecule has 0 aliphatic rings. The molecule has 3 N–H and O–H groups in total. The molecule has 2 unspecified atom stereocenters. The number of carbonyl (C=O) groups excluding carboxylic acids is 4. The number of aliphatic hydroxyl groups is 1. The van der Waals surface area contributed by atoms with Crippen LogP contribution in [0.15, 0.2) is 0 Å². The minimum atomic E-state index is -4.95. The van der Waals surface area contributed by atoms with Crippen LogP contribution in [0.1, 0.15) is 349 Å². The molecule has 0 aliphatic carbocycles. The summed E-state index contributed by atoms with van der Waals surface area (Å²) in [4.78, 5) is 72.4. The van der Waals surface area contributed by atoms with E-state index in [0.717, 1.165) is 89.9 Å². The molecule has 87 heavy (non-hydrogen) atoms. The molecule has 0 rings (SSSR count). The number of hydrogen-bond donors (Lipinski definition) is 3. The Morgan fingerprint density at radius 3 is 0.782 bits per heavy atom. The molecular formula is C68H132O17P2. The first-order valence-corrected chi connectivity index (χ1v) is 38.6. The van der Waals surface area contributed by atoms with Crippen molar-refractivity contribution in [1.29, 1.82) is 0 Å². The van der Waals surface area contributed by atoms with Crippen LogP contribution in [-0.4, -0.2) is 96.7 Å². The van der Waals surface area contributed by atoms with Crippen molar-refractivity contribution in [2.24, 2.45) is 5.92 Å². The summed E-state index contributed by atoms with van der Waals surface area (Å²) in [6, 6.07) is 0. The Morgan fingerprint density at radius 1 is 0.310 bits per heavy atom. The highest BCUT2D eigenvalue weighted by Gasteiger charge is 2.30. The Bertz CT molecular complexity index is 1690. The van der Waals surface area contributed by atoms with Crippen molar-refractivity contribution < 1.29 is 80.2 Å². The van der Waals surface area contributed by atoms with E-state index in [1.54, 1.807) is 0 Å². The van der Waals surface area contributed by atoms with E-state index in [9.17, 15) is 43.2 Å². The first kappa shape index (κ1) is 85.1. The van der Waals surface area contributed by atoms with Crippen molar-refractivity contribution in [3.05, 3.63) is 0 Å². The van der Waals surface area contributed by atoms with Gasteiger partial charge in [-0.25, -0.2) is 9.13 Å². The Balaban J connectivity index is 5.22. The maximum atomic E-state index is 13.0. The van der Waals surface area contributed by atoms with Gasteiger partial charge in [0.1, 0.15) is 19.3 Å². The van der Waals surface area contributed by atoms with Crippen LogP contribution >= 0.6 is 15.6 Å². The van der Waals surface area contributed by atoms with Gasteiger partial charge in [0.15, 0.2) is 12.2 Å². The highest BCUT2D eigenvalue weighted by Crippen LogP contribution is 2.45. The monoisotopic (exact) mass is 1280 g/mol. The van der Waals surface area contributed by atoms with Crippen LogP contribution in [0.5, 0.6) is 0 Å². The average Bonchev–Trinajstić information content (AvgIpc) is 3.71. The zero-order valence-electron chi connectivity index (χ0n) is 56.2. The number of hydrogen-bond acceptors (Lipinski definition) is 15. The second-order valence-corrected chi connectivity index (χ2v) is 27.9. The van der Waals surface area contributed by atoms with Crippen LogP contribution in [0.25, 0.3) is 0 Å². The lowest BCUT2D eigenvalue weighted by Gasteiger charge is -2.21. The normalized spacial score (nSPS) is 14.1. The molecular weight excluding hydrogens is 1150 g/mol. The van der Waals surface area contributed by atoms with Gasteiger partial charge in [0.05, 0.1) is 26.4 Å². The van der Waals surface area contributed by atoms with Gasteiger partial charge in [0.2, 0.25) is 0 Å². The molecule has 0 heterocycles. The molecule has 0 aromatic heterocycles. The summed E-state index contributed by atoms with van der Waals surface area (Å²) in [6.45, 7) is 7.15. The van der Waals surface area contributed by atoms with Crippen LogP contribution in [-0.2, 0) is 65.4 Å². The van der Waals surface area contributed by atoms with E-state index in [0.29, 0.717) is 31.6 Å². The summed E-state index contributed by atoms with van der Waals surface area (Å²) in [6.07, 6.45) is 47.2. The molecule has 0 radical (unpaired) electrons. The Morgan fingerprint density at radius 2 is 0.529 bits per heavy atom. The standard InChI is InChI=1S/C68H132O17P2/c1-6-9-12-15-18-21-23-25-26-27-28-30-33-38-43-48-53-67(72)84-63(57-79-66(71)52-47-42-37-32-29-24-22-19-16-13-10-7-2)59-82-86(74,75)80-55-62(69)56-81-87(76,77)83-60-64(58-78-65(70)51-46-41-36-31-20-17-14-11-8-3)85-68(73)54-49-44-39-34-35-40-45-50-61(4)5/h61-64,69H,6-60H2,1-5H3,(H,74,75)(H,76,77)/t62-,63-,64-/m1/s1. The molecule has 0 bridgehead atoms. The summed E-state index contributed by atoms with van der Waals surface area (Å²) in [5, 5.41) is 10.6. The maximum Gasteiger partial charge on any atom is 0.472 e. The van der Waals surface area contributed by atoms with E-state index in [-0.39, 0.29) is 25.7 Å². The van der Waals surface area contributed by atoms with Crippen molar-refractivity contribution in [1.82, 2.24) is 0 Å². The molecule has 0 amide bonds. The molecule has 19 heteroatoms. The van der Waals surface area contributed by atoms with Gasteiger partial charge >= 0.3 is 39.5 Å². The fourth-order valence-corrected chi connectivity index (χ4v) is 11.9. The van der Waals surface area contributed by atoms with E-state index in [4.69, 9.17) is 37.0 Å². The fourth-order valence-electron chi connectivity index (χ4n) is 10.3. The van der Waals surface area contributed by atoms with Crippen molar-refractivity contribution >= 4 is 39.5 Å². The lowest BCUT2D eigenvalue weighted by atomic mass is 10.0. The number of esters is 4. The van der Waals surface area contributed by atoms with Crippen LogP contribution in [0.2, 0.25) is 0 Å². The van der Waals surface area contributed by atoms with Gasteiger partial charge < -0.3 is 33.8 Å². The van der Waals surface area contributed by atoms with E-state index in [2.05, 4.69) is 34.6 Å². The Kier molecular flexibility index (Phi) is 60.2. The molecule has 0 spiro atoms. The molecule has 516 valence electrons. The third-order valence-electron chi connectivity index (χ3n) is 15.8. The molecule has 0 saturated carbocycles. The highest BCUT2D eigenvalue weighted by atomic mass is 31.2. The van der Waals surface area contributed by atoms with Gasteiger partial charge in [-0.1, -0.05) is 298 Å². The van der Waals surface area contributed by atoms with E-state index in [1.807, 2.05) is 0 Å². The van der Waals surface area contributed by atoms with Crippen LogP contribution in [0.4, 0.5) is 0 Å². The molecule has 17 nitrogen and oxygen atoms in total. The van der Waals surface area contributed by atoms with Crippen LogP contribution in [0.3, 0.4) is 0 Å². The Hall–Kier alpha value is -1.94. The van der Waals surface area contributed by atoms with Crippen molar-refractivity contribution in [2.75, 3.05) is 39.6 Å². The van der Waals surface area contributed by atoms with E-state index in [1.165, 1.54) is 173 Å². The zero-order chi connectivity index (χ0) is 64.2. The largest absolute Gasteiger partial charge is 0.472 e. The SMILES string of the molecule is CCCCCCCCCCCCCCCCCCC(=O)O[C@H](COC(=O)CCCCCCCCCCCCCC)COP(=O)(O)OC[C@@H](O)COP(=O)(O)OC[C@@H](COC(=O)CCCCCCCCCCC)OC(=O)CCCCCCCCCC(C)C. The van der Waals surface area contributed by atoms with E-state index >= 15 is 0 Å². The minimum absolute atomic E-state index is 0.104. The van der Waals surface area contributed by atoms with Crippen LogP contribution in [0, 0.1) is 5.92 Å². The summed E-state index contributed by atoms with van der Waals surface area (Å²) in [7, 11) is -9.89. The summed E-state index contributed by atoms with van der Waals surface area (Å²) in [5.74, 6) is -1.43. The average molecular weight is 1280 g/mol. The summed E-state index contributed by atoms with van der Waals surface area (Å²) >= 11 is 0. The molecule has 0 fully saturated rings. The minimum Gasteiger partial charge on any atom is -0.462 e. The fraction of sp³-hybridized carbons (Fsp3) is 0.941. The predicted molar refractivity (Wildman–Crippen MR) is 349 cm³/mol.